The molecule has 3 rings (SSSR count). The van der Waals surface area contributed by atoms with Gasteiger partial charge in [0, 0.05) is 23.7 Å². The maximum Gasteiger partial charge on any atom is 0.311 e. The van der Waals surface area contributed by atoms with Crippen LogP contribution in [0, 0.1) is 0 Å². The summed E-state index contributed by atoms with van der Waals surface area (Å²) in [6.45, 7) is 0.977. The number of ether oxygens (including phenoxy) is 2. The van der Waals surface area contributed by atoms with Crippen LogP contribution in [-0.4, -0.2) is 57.5 Å². The molecule has 1 aliphatic rings. The van der Waals surface area contributed by atoms with Gasteiger partial charge in [-0.2, -0.15) is 4.31 Å². The summed E-state index contributed by atoms with van der Waals surface area (Å²) in [5, 5.41) is 4.43. The highest BCUT2D eigenvalue weighted by Gasteiger charge is 2.26. The molecule has 0 radical (unpaired) electrons. The molecule has 8 nitrogen and oxygen atoms in total. The zero-order chi connectivity index (χ0) is 20.0. The summed E-state index contributed by atoms with van der Waals surface area (Å²) in [4.78, 5) is 24.6. The molecule has 0 bridgehead atoms. The first-order chi connectivity index (χ1) is 13.4. The molecule has 1 fully saturated rings. The quantitative estimate of drug-likeness (QED) is 0.676. The summed E-state index contributed by atoms with van der Waals surface area (Å²) in [6, 6.07) is 9.52. The first-order valence-electron chi connectivity index (χ1n) is 8.61. The Morgan fingerprint density at radius 2 is 1.86 bits per heavy atom. The van der Waals surface area contributed by atoms with Crippen LogP contribution in [0.3, 0.4) is 0 Å². The fourth-order valence-electron chi connectivity index (χ4n) is 2.60. The predicted octanol–water partition coefficient (Wildman–Crippen LogP) is 1.49. The normalized spacial score (nSPS) is 15.1. The SMILES string of the molecule is O=C(COC(=O)Cc1cccs1)Nc1ccc(S(=O)(=O)N2CCOCC2)cc1. The van der Waals surface area contributed by atoms with Crippen molar-refractivity contribution < 1.29 is 27.5 Å². The molecule has 150 valence electrons. The van der Waals surface area contributed by atoms with Crippen molar-refractivity contribution in [3.05, 3.63) is 46.7 Å². The smallest absolute Gasteiger partial charge is 0.311 e. The fourth-order valence-corrected chi connectivity index (χ4v) is 4.69. The van der Waals surface area contributed by atoms with Gasteiger partial charge in [0.1, 0.15) is 0 Å². The van der Waals surface area contributed by atoms with Gasteiger partial charge in [0.05, 0.1) is 24.5 Å². The molecule has 1 amide bonds. The number of nitrogens with one attached hydrogen (secondary N) is 1. The summed E-state index contributed by atoms with van der Waals surface area (Å²) in [5.41, 5.74) is 0.417. The van der Waals surface area contributed by atoms with Gasteiger partial charge in [-0.25, -0.2) is 8.42 Å². The van der Waals surface area contributed by atoms with Gasteiger partial charge in [-0.05, 0) is 35.7 Å². The van der Waals surface area contributed by atoms with Crippen molar-refractivity contribution in [2.75, 3.05) is 38.2 Å². The van der Waals surface area contributed by atoms with Crippen LogP contribution in [-0.2, 0) is 35.5 Å². The van der Waals surface area contributed by atoms with E-state index >= 15 is 0 Å². The van der Waals surface area contributed by atoms with Crippen LogP contribution in [0.25, 0.3) is 0 Å². The van der Waals surface area contributed by atoms with E-state index in [0.717, 1.165) is 4.88 Å². The number of hydrogen-bond acceptors (Lipinski definition) is 7. The number of morpholine rings is 1. The maximum atomic E-state index is 12.6. The van der Waals surface area contributed by atoms with Gasteiger partial charge >= 0.3 is 5.97 Å². The Hall–Kier alpha value is -2.27. The van der Waals surface area contributed by atoms with E-state index in [-0.39, 0.29) is 11.3 Å². The van der Waals surface area contributed by atoms with Gasteiger partial charge in [0.25, 0.3) is 5.91 Å². The van der Waals surface area contributed by atoms with E-state index < -0.39 is 28.5 Å². The van der Waals surface area contributed by atoms with Gasteiger partial charge in [-0.1, -0.05) is 6.07 Å². The molecule has 1 aromatic carbocycles. The van der Waals surface area contributed by atoms with Crippen molar-refractivity contribution in [3.63, 3.8) is 0 Å². The van der Waals surface area contributed by atoms with Crippen molar-refractivity contribution >= 4 is 38.9 Å². The van der Waals surface area contributed by atoms with Crippen molar-refractivity contribution in [2.24, 2.45) is 0 Å². The van der Waals surface area contributed by atoms with Crippen molar-refractivity contribution in [3.8, 4) is 0 Å². The van der Waals surface area contributed by atoms with E-state index in [1.54, 1.807) is 0 Å². The number of thiophene rings is 1. The summed E-state index contributed by atoms with van der Waals surface area (Å²) >= 11 is 1.44. The summed E-state index contributed by atoms with van der Waals surface area (Å²) < 4.78 is 36.6. The number of anilines is 1. The van der Waals surface area contributed by atoms with Gasteiger partial charge in [-0.3, -0.25) is 9.59 Å². The lowest BCUT2D eigenvalue weighted by Gasteiger charge is -2.26. The fraction of sp³-hybridized carbons (Fsp3) is 0.333. The molecule has 2 heterocycles. The van der Waals surface area contributed by atoms with Crippen LogP contribution in [0.4, 0.5) is 5.69 Å². The Morgan fingerprint density at radius 3 is 2.50 bits per heavy atom. The number of benzene rings is 1. The molecule has 0 saturated carbocycles. The highest BCUT2D eigenvalue weighted by molar-refractivity contribution is 7.89. The number of carbonyl (C=O) groups is 2. The molecule has 10 heteroatoms. The van der Waals surface area contributed by atoms with Crippen LogP contribution in [0.1, 0.15) is 4.88 Å². The number of amides is 1. The molecule has 1 aliphatic heterocycles. The Balaban J connectivity index is 1.50. The molecule has 0 unspecified atom stereocenters. The molecular formula is C18H20N2O6S2. The van der Waals surface area contributed by atoms with E-state index in [1.165, 1.54) is 39.9 Å². The second kappa shape index (κ2) is 9.28. The maximum absolute atomic E-state index is 12.6. The number of carbonyl (C=O) groups excluding carboxylic acids is 2. The van der Waals surface area contributed by atoms with E-state index in [1.807, 2.05) is 17.5 Å². The molecule has 1 saturated heterocycles. The van der Waals surface area contributed by atoms with Crippen LogP contribution in [0.15, 0.2) is 46.7 Å². The van der Waals surface area contributed by atoms with Crippen LogP contribution in [0.5, 0.6) is 0 Å². The topological polar surface area (TPSA) is 102 Å². The van der Waals surface area contributed by atoms with Crippen LogP contribution >= 0.6 is 11.3 Å². The monoisotopic (exact) mass is 424 g/mol. The predicted molar refractivity (Wildman–Crippen MR) is 104 cm³/mol. The lowest BCUT2D eigenvalue weighted by molar-refractivity contribution is -0.146. The Bertz CT molecular complexity index is 904. The number of hydrogen-bond donors (Lipinski definition) is 1. The Morgan fingerprint density at radius 1 is 1.14 bits per heavy atom. The van der Waals surface area contributed by atoms with Crippen molar-refractivity contribution in [1.29, 1.82) is 0 Å². The van der Waals surface area contributed by atoms with Crippen molar-refractivity contribution in [2.45, 2.75) is 11.3 Å². The zero-order valence-corrected chi connectivity index (χ0v) is 16.6. The first-order valence-corrected chi connectivity index (χ1v) is 10.9. The van der Waals surface area contributed by atoms with Crippen LogP contribution < -0.4 is 5.32 Å². The van der Waals surface area contributed by atoms with Gasteiger partial charge < -0.3 is 14.8 Å². The molecule has 0 aliphatic carbocycles. The minimum atomic E-state index is -3.58. The van der Waals surface area contributed by atoms with E-state index in [2.05, 4.69) is 5.32 Å². The highest BCUT2D eigenvalue weighted by Crippen LogP contribution is 2.19. The average molecular weight is 425 g/mol. The highest BCUT2D eigenvalue weighted by atomic mass is 32.2. The second-order valence-electron chi connectivity index (χ2n) is 6.01. The summed E-state index contributed by atoms with van der Waals surface area (Å²) in [5.74, 6) is -0.979. The Labute approximate surface area is 167 Å². The molecule has 0 spiro atoms. The summed E-state index contributed by atoms with van der Waals surface area (Å²) in [7, 11) is -3.58. The average Bonchev–Trinajstić information content (AvgIpc) is 3.20. The lowest BCUT2D eigenvalue weighted by atomic mass is 10.3. The lowest BCUT2D eigenvalue weighted by Crippen LogP contribution is -2.40. The number of esters is 1. The zero-order valence-electron chi connectivity index (χ0n) is 15.0. The Kier molecular flexibility index (Phi) is 6.79. The van der Waals surface area contributed by atoms with Gasteiger partial charge in [-0.15, -0.1) is 11.3 Å². The largest absolute Gasteiger partial charge is 0.455 e. The van der Waals surface area contributed by atoms with Gasteiger partial charge in [0.2, 0.25) is 10.0 Å². The standard InChI is InChI=1S/C18H20N2O6S2/c21-17(13-26-18(22)12-15-2-1-11-27-15)19-14-3-5-16(6-4-14)28(23,24)20-7-9-25-10-8-20/h1-6,11H,7-10,12-13H2,(H,19,21). The molecule has 1 aromatic heterocycles. The van der Waals surface area contributed by atoms with E-state index in [0.29, 0.717) is 32.0 Å². The second-order valence-corrected chi connectivity index (χ2v) is 8.98. The number of rotatable bonds is 7. The van der Waals surface area contributed by atoms with Crippen LogP contribution in [0.2, 0.25) is 0 Å². The molecule has 1 N–H and O–H groups in total. The van der Waals surface area contributed by atoms with E-state index in [4.69, 9.17) is 9.47 Å². The van der Waals surface area contributed by atoms with Gasteiger partial charge in [0.15, 0.2) is 6.61 Å². The molecule has 28 heavy (non-hydrogen) atoms. The molecular weight excluding hydrogens is 404 g/mol. The third-order valence-electron chi connectivity index (χ3n) is 4.01. The first kappa shape index (κ1) is 20.5. The number of nitrogens with zero attached hydrogens (tertiary/aromatic N) is 1. The minimum Gasteiger partial charge on any atom is -0.455 e. The molecule has 0 atom stereocenters. The third kappa shape index (κ3) is 5.38. The van der Waals surface area contributed by atoms with E-state index in [9.17, 15) is 18.0 Å². The molecule has 2 aromatic rings. The van der Waals surface area contributed by atoms with Crippen molar-refractivity contribution in [1.82, 2.24) is 4.31 Å². The number of sulfonamides is 1. The summed E-state index contributed by atoms with van der Waals surface area (Å²) in [6.07, 6.45) is 0.124. The third-order valence-corrected chi connectivity index (χ3v) is 6.80. The minimum absolute atomic E-state index is 0.124.